The lowest BCUT2D eigenvalue weighted by molar-refractivity contribution is 0.0686. The number of carbonyl (C=O) groups is 1. The summed E-state index contributed by atoms with van der Waals surface area (Å²) >= 11 is 0. The van der Waals surface area contributed by atoms with Crippen LogP contribution in [0.15, 0.2) is 16.9 Å². The highest BCUT2D eigenvalue weighted by atomic mass is 19.1. The Morgan fingerprint density at radius 1 is 1.50 bits per heavy atom. The van der Waals surface area contributed by atoms with Gasteiger partial charge in [0.05, 0.1) is 16.6 Å². The van der Waals surface area contributed by atoms with Crippen molar-refractivity contribution in [3.8, 4) is 0 Å². The van der Waals surface area contributed by atoms with Crippen molar-refractivity contribution in [2.75, 3.05) is 24.5 Å². The molecule has 3 N–H and O–H groups in total. The standard InChI is InChI=1S/C16H19FN4O3/c1-2-21-12-6-13(20-4-3-9(7-18)8-20)11(17)5-10(12)15(22)14(19-21)16(23)24/h5-6,9H,2-4,7-8,18H2,1H3,(H,23,24). The van der Waals surface area contributed by atoms with Gasteiger partial charge in [-0.25, -0.2) is 9.18 Å². The second kappa shape index (κ2) is 6.20. The Hall–Kier alpha value is -2.48. The predicted octanol–water partition coefficient (Wildman–Crippen LogP) is 1.04. The van der Waals surface area contributed by atoms with Gasteiger partial charge in [-0.1, -0.05) is 0 Å². The van der Waals surface area contributed by atoms with E-state index in [2.05, 4.69) is 5.10 Å². The van der Waals surface area contributed by atoms with Gasteiger partial charge in [0.15, 0.2) is 0 Å². The second-order valence-corrected chi connectivity index (χ2v) is 5.96. The fourth-order valence-corrected chi connectivity index (χ4v) is 3.16. The van der Waals surface area contributed by atoms with Crippen LogP contribution in [0.25, 0.3) is 10.9 Å². The first-order valence-electron chi connectivity index (χ1n) is 7.89. The first-order valence-corrected chi connectivity index (χ1v) is 7.89. The summed E-state index contributed by atoms with van der Waals surface area (Å²) < 4.78 is 16.0. The summed E-state index contributed by atoms with van der Waals surface area (Å²) in [5.74, 6) is -1.64. The van der Waals surface area contributed by atoms with Gasteiger partial charge in [0, 0.05) is 19.6 Å². The van der Waals surface area contributed by atoms with E-state index in [0.717, 1.165) is 12.5 Å². The van der Waals surface area contributed by atoms with Crippen molar-refractivity contribution in [1.29, 1.82) is 0 Å². The number of nitrogens with zero attached hydrogens (tertiary/aromatic N) is 3. The summed E-state index contributed by atoms with van der Waals surface area (Å²) in [7, 11) is 0. The average Bonchev–Trinajstić information content (AvgIpc) is 3.03. The van der Waals surface area contributed by atoms with Crippen LogP contribution in [0.3, 0.4) is 0 Å². The van der Waals surface area contributed by atoms with Crippen LogP contribution < -0.4 is 16.1 Å². The number of halogens is 1. The molecule has 1 fully saturated rings. The van der Waals surface area contributed by atoms with Crippen LogP contribution in [-0.2, 0) is 6.54 Å². The molecule has 1 atom stereocenters. The van der Waals surface area contributed by atoms with Crippen molar-refractivity contribution < 1.29 is 14.3 Å². The number of nitrogens with two attached hydrogens (primary N) is 1. The number of aromatic carboxylic acids is 1. The van der Waals surface area contributed by atoms with E-state index in [1.165, 1.54) is 4.68 Å². The molecule has 1 unspecified atom stereocenters. The highest BCUT2D eigenvalue weighted by Gasteiger charge is 2.25. The zero-order chi connectivity index (χ0) is 17.4. The quantitative estimate of drug-likeness (QED) is 0.866. The number of rotatable bonds is 4. The number of carboxylic acids is 1. The van der Waals surface area contributed by atoms with Crippen molar-refractivity contribution >= 4 is 22.6 Å². The first kappa shape index (κ1) is 16.4. The van der Waals surface area contributed by atoms with E-state index in [-0.39, 0.29) is 5.39 Å². The summed E-state index contributed by atoms with van der Waals surface area (Å²) in [5, 5.41) is 13.0. The predicted molar refractivity (Wildman–Crippen MR) is 88.0 cm³/mol. The maximum Gasteiger partial charge on any atom is 0.360 e. The summed E-state index contributed by atoms with van der Waals surface area (Å²) in [6, 6.07) is 2.69. The highest BCUT2D eigenvalue weighted by molar-refractivity contribution is 5.91. The van der Waals surface area contributed by atoms with Gasteiger partial charge in [0.1, 0.15) is 5.82 Å². The molecular weight excluding hydrogens is 315 g/mol. The molecule has 1 aromatic heterocycles. The summed E-state index contributed by atoms with van der Waals surface area (Å²) in [6.45, 7) is 4.06. The fourth-order valence-electron chi connectivity index (χ4n) is 3.16. The molecule has 128 valence electrons. The molecule has 7 nitrogen and oxygen atoms in total. The highest BCUT2D eigenvalue weighted by Crippen LogP contribution is 2.29. The van der Waals surface area contributed by atoms with Crippen LogP contribution >= 0.6 is 0 Å². The van der Waals surface area contributed by atoms with E-state index in [9.17, 15) is 14.0 Å². The van der Waals surface area contributed by atoms with Crippen LogP contribution in [0, 0.1) is 11.7 Å². The van der Waals surface area contributed by atoms with Gasteiger partial charge in [0.25, 0.3) is 0 Å². The first-order chi connectivity index (χ1) is 11.5. The molecule has 0 spiro atoms. The normalized spacial score (nSPS) is 17.6. The number of hydrogen-bond donors (Lipinski definition) is 2. The van der Waals surface area contributed by atoms with Gasteiger partial charge in [-0.3, -0.25) is 9.48 Å². The molecule has 1 aliphatic rings. The summed E-state index contributed by atoms with van der Waals surface area (Å²) in [5.41, 5.74) is 5.14. The van der Waals surface area contributed by atoms with Crippen LogP contribution in [-0.4, -0.2) is 40.5 Å². The Morgan fingerprint density at radius 3 is 2.83 bits per heavy atom. The SMILES string of the molecule is CCn1nc(C(=O)O)c(=O)c2cc(F)c(N3CCC(CN)C3)cc21. The van der Waals surface area contributed by atoms with Gasteiger partial charge >= 0.3 is 5.97 Å². The smallest absolute Gasteiger partial charge is 0.360 e. The molecule has 1 aliphatic heterocycles. The van der Waals surface area contributed by atoms with E-state index in [4.69, 9.17) is 10.8 Å². The van der Waals surface area contributed by atoms with Crippen molar-refractivity contribution in [3.05, 3.63) is 33.9 Å². The van der Waals surface area contributed by atoms with Crippen LogP contribution in [0.4, 0.5) is 10.1 Å². The van der Waals surface area contributed by atoms with Crippen molar-refractivity contribution in [1.82, 2.24) is 9.78 Å². The van der Waals surface area contributed by atoms with Gasteiger partial charge < -0.3 is 15.7 Å². The monoisotopic (exact) mass is 334 g/mol. The molecule has 1 saturated heterocycles. The van der Waals surface area contributed by atoms with Crippen LogP contribution in [0.1, 0.15) is 23.8 Å². The molecule has 8 heteroatoms. The molecule has 0 bridgehead atoms. The third-order valence-corrected chi connectivity index (χ3v) is 4.49. The largest absolute Gasteiger partial charge is 0.476 e. The van der Waals surface area contributed by atoms with Gasteiger partial charge in [0.2, 0.25) is 11.1 Å². The zero-order valence-corrected chi connectivity index (χ0v) is 13.3. The maximum atomic E-state index is 14.6. The third-order valence-electron chi connectivity index (χ3n) is 4.49. The number of fused-ring (bicyclic) bond motifs is 1. The minimum absolute atomic E-state index is 0.0278. The van der Waals surface area contributed by atoms with Crippen molar-refractivity contribution in [2.45, 2.75) is 19.9 Å². The van der Waals surface area contributed by atoms with Crippen molar-refractivity contribution in [3.63, 3.8) is 0 Å². The number of aryl methyl sites for hydroxylation is 1. The number of aromatic nitrogens is 2. The molecule has 0 saturated carbocycles. The number of anilines is 1. The molecule has 0 aliphatic carbocycles. The molecular formula is C16H19FN4O3. The van der Waals surface area contributed by atoms with Crippen LogP contribution in [0.5, 0.6) is 0 Å². The van der Waals surface area contributed by atoms with E-state index < -0.39 is 22.9 Å². The fraction of sp³-hybridized carbons (Fsp3) is 0.438. The number of hydrogen-bond acceptors (Lipinski definition) is 5. The lowest BCUT2D eigenvalue weighted by Gasteiger charge is -2.20. The third kappa shape index (κ3) is 2.62. The molecule has 2 aromatic rings. The Balaban J connectivity index is 2.19. The lowest BCUT2D eigenvalue weighted by Crippen LogP contribution is -2.25. The molecule has 0 amide bonds. The van der Waals surface area contributed by atoms with Crippen LogP contribution in [0.2, 0.25) is 0 Å². The van der Waals surface area contributed by atoms with Gasteiger partial charge in [-0.15, -0.1) is 0 Å². The zero-order valence-electron chi connectivity index (χ0n) is 13.3. The molecule has 3 rings (SSSR count). The summed E-state index contributed by atoms with van der Waals surface area (Å²) in [6.07, 6.45) is 0.894. The summed E-state index contributed by atoms with van der Waals surface area (Å²) in [4.78, 5) is 25.3. The molecule has 24 heavy (non-hydrogen) atoms. The molecule has 2 heterocycles. The van der Waals surface area contributed by atoms with E-state index >= 15 is 0 Å². The Labute approximate surface area is 137 Å². The van der Waals surface area contributed by atoms with E-state index in [0.29, 0.717) is 43.3 Å². The minimum atomic E-state index is -1.42. The Kier molecular flexibility index (Phi) is 4.23. The molecule has 0 radical (unpaired) electrons. The number of benzene rings is 1. The van der Waals surface area contributed by atoms with E-state index in [1.54, 1.807) is 13.0 Å². The Bertz CT molecular complexity index is 865. The van der Waals surface area contributed by atoms with Gasteiger partial charge in [-0.2, -0.15) is 5.10 Å². The topological polar surface area (TPSA) is 101 Å². The van der Waals surface area contributed by atoms with Crippen molar-refractivity contribution in [2.24, 2.45) is 11.7 Å². The average molecular weight is 334 g/mol. The minimum Gasteiger partial charge on any atom is -0.476 e. The van der Waals surface area contributed by atoms with Gasteiger partial charge in [-0.05, 0) is 37.9 Å². The second-order valence-electron chi connectivity index (χ2n) is 5.96. The Morgan fingerprint density at radius 2 is 2.25 bits per heavy atom. The van der Waals surface area contributed by atoms with E-state index in [1.807, 2.05) is 4.90 Å². The lowest BCUT2D eigenvalue weighted by atomic mass is 10.1. The molecule has 1 aromatic carbocycles. The maximum absolute atomic E-state index is 14.6. The number of carboxylic acid groups (broad SMARTS) is 1.